The van der Waals surface area contributed by atoms with E-state index in [1.165, 1.54) is 0 Å². The number of hydrogen-bond donors (Lipinski definition) is 0. The van der Waals surface area contributed by atoms with E-state index in [1.807, 2.05) is 13.8 Å². The average Bonchev–Trinajstić information content (AvgIpc) is 2.31. The minimum Gasteiger partial charge on any atom is -0.463 e. The number of hydrogen-bond acceptors (Lipinski definition) is 4. The molecule has 0 N–H and O–H groups in total. The summed E-state index contributed by atoms with van der Waals surface area (Å²) < 4.78 is 9.85. The molecule has 4 nitrogen and oxygen atoms in total. The molecule has 0 aliphatic carbocycles. The van der Waals surface area contributed by atoms with Crippen LogP contribution in [0.4, 0.5) is 0 Å². The monoisotopic (exact) mass is 242 g/mol. The van der Waals surface area contributed by atoms with Gasteiger partial charge in [-0.15, -0.1) is 0 Å². The second kappa shape index (κ2) is 9.87. The lowest BCUT2D eigenvalue weighted by Crippen LogP contribution is -2.13. The number of ether oxygens (including phenoxy) is 2. The van der Waals surface area contributed by atoms with E-state index in [-0.39, 0.29) is 6.10 Å². The van der Waals surface area contributed by atoms with Gasteiger partial charge in [-0.25, -0.2) is 9.59 Å². The second-order valence-electron chi connectivity index (χ2n) is 3.89. The molecular weight excluding hydrogens is 220 g/mol. The van der Waals surface area contributed by atoms with Gasteiger partial charge >= 0.3 is 11.9 Å². The maximum Gasteiger partial charge on any atom is 0.331 e. The third kappa shape index (κ3) is 9.60. The molecule has 0 heterocycles. The van der Waals surface area contributed by atoms with Gasteiger partial charge in [0.1, 0.15) is 0 Å². The van der Waals surface area contributed by atoms with Gasteiger partial charge in [-0.05, 0) is 19.8 Å². The Morgan fingerprint density at radius 3 is 2.35 bits per heavy atom. The highest BCUT2D eigenvalue weighted by molar-refractivity contribution is 5.91. The lowest BCUT2D eigenvalue weighted by molar-refractivity contribution is -0.143. The van der Waals surface area contributed by atoms with Crippen LogP contribution in [0.2, 0.25) is 0 Å². The van der Waals surface area contributed by atoms with Crippen molar-refractivity contribution in [3.8, 4) is 0 Å². The first-order chi connectivity index (χ1) is 8.10. The van der Waals surface area contributed by atoms with Crippen LogP contribution in [0, 0.1) is 0 Å². The number of unbranched alkanes of at least 4 members (excludes halogenated alkanes) is 1. The molecule has 0 amide bonds. The molecule has 98 valence electrons. The fourth-order valence-corrected chi connectivity index (χ4v) is 1.17. The summed E-state index contributed by atoms with van der Waals surface area (Å²) >= 11 is 0. The molecule has 1 unspecified atom stereocenters. The highest BCUT2D eigenvalue weighted by atomic mass is 16.5. The summed E-state index contributed by atoms with van der Waals surface area (Å²) in [6, 6.07) is 0. The molecule has 0 aliphatic heterocycles. The van der Waals surface area contributed by atoms with Crippen molar-refractivity contribution in [1.82, 2.24) is 0 Å². The van der Waals surface area contributed by atoms with Crippen LogP contribution in [-0.2, 0) is 19.1 Å². The van der Waals surface area contributed by atoms with Crippen molar-refractivity contribution in [2.24, 2.45) is 0 Å². The summed E-state index contributed by atoms with van der Waals surface area (Å²) in [5.41, 5.74) is 0. The summed E-state index contributed by atoms with van der Waals surface area (Å²) in [7, 11) is 0. The lowest BCUT2D eigenvalue weighted by Gasteiger charge is -2.10. The molecular formula is C13H22O4. The van der Waals surface area contributed by atoms with E-state index < -0.39 is 11.9 Å². The Bertz CT molecular complexity index is 258. The van der Waals surface area contributed by atoms with Crippen molar-refractivity contribution in [2.45, 2.75) is 52.6 Å². The van der Waals surface area contributed by atoms with Crippen molar-refractivity contribution in [2.75, 3.05) is 6.61 Å². The Balaban J connectivity index is 3.83. The SMILES string of the molecule is CCCCC(C)OC(=O)/C=C/C(=O)OCCC. The van der Waals surface area contributed by atoms with E-state index in [1.54, 1.807) is 0 Å². The third-order valence-corrected chi connectivity index (χ3v) is 2.09. The first kappa shape index (κ1) is 15.7. The van der Waals surface area contributed by atoms with Gasteiger partial charge in [-0.3, -0.25) is 0 Å². The standard InChI is InChI=1S/C13H22O4/c1-4-6-7-11(3)17-13(15)9-8-12(14)16-10-5-2/h8-9,11H,4-7,10H2,1-3H3/b9-8+. The van der Waals surface area contributed by atoms with Gasteiger partial charge < -0.3 is 9.47 Å². The van der Waals surface area contributed by atoms with Gasteiger partial charge in [-0.2, -0.15) is 0 Å². The zero-order valence-electron chi connectivity index (χ0n) is 10.9. The van der Waals surface area contributed by atoms with Gasteiger partial charge in [0.15, 0.2) is 0 Å². The Morgan fingerprint density at radius 1 is 1.12 bits per heavy atom. The highest BCUT2D eigenvalue weighted by Gasteiger charge is 2.06. The minimum absolute atomic E-state index is 0.112. The van der Waals surface area contributed by atoms with Gasteiger partial charge in [-0.1, -0.05) is 26.7 Å². The summed E-state index contributed by atoms with van der Waals surface area (Å²) in [5, 5.41) is 0. The molecule has 0 aromatic heterocycles. The molecule has 0 aromatic carbocycles. The third-order valence-electron chi connectivity index (χ3n) is 2.09. The Kier molecular flexibility index (Phi) is 9.11. The molecule has 0 saturated carbocycles. The van der Waals surface area contributed by atoms with Crippen molar-refractivity contribution in [3.63, 3.8) is 0 Å². The van der Waals surface area contributed by atoms with Crippen LogP contribution in [0.15, 0.2) is 12.2 Å². The second-order valence-corrected chi connectivity index (χ2v) is 3.89. The summed E-state index contributed by atoms with van der Waals surface area (Å²) in [4.78, 5) is 22.3. The number of carbonyl (C=O) groups is 2. The molecule has 0 bridgehead atoms. The van der Waals surface area contributed by atoms with Crippen LogP contribution < -0.4 is 0 Å². The molecule has 0 rings (SSSR count). The summed E-state index contributed by atoms with van der Waals surface area (Å²) in [5.74, 6) is -1.01. The van der Waals surface area contributed by atoms with E-state index in [4.69, 9.17) is 9.47 Å². The predicted octanol–water partition coefficient (Wildman–Crippen LogP) is 2.62. The predicted molar refractivity (Wildman–Crippen MR) is 65.5 cm³/mol. The fraction of sp³-hybridized carbons (Fsp3) is 0.692. The first-order valence-electron chi connectivity index (χ1n) is 6.15. The number of esters is 2. The van der Waals surface area contributed by atoms with Crippen LogP contribution in [0.3, 0.4) is 0 Å². The molecule has 0 radical (unpaired) electrons. The molecule has 17 heavy (non-hydrogen) atoms. The van der Waals surface area contributed by atoms with Crippen LogP contribution in [-0.4, -0.2) is 24.6 Å². The largest absolute Gasteiger partial charge is 0.463 e. The molecule has 0 fully saturated rings. The minimum atomic E-state index is -0.509. The molecule has 1 atom stereocenters. The van der Waals surface area contributed by atoms with Crippen LogP contribution in [0.1, 0.15) is 46.5 Å². The van der Waals surface area contributed by atoms with Crippen LogP contribution in [0.25, 0.3) is 0 Å². The van der Waals surface area contributed by atoms with E-state index in [9.17, 15) is 9.59 Å². The van der Waals surface area contributed by atoms with Crippen molar-refractivity contribution in [3.05, 3.63) is 12.2 Å². The molecule has 0 aromatic rings. The smallest absolute Gasteiger partial charge is 0.331 e. The Labute approximate surface area is 103 Å². The van der Waals surface area contributed by atoms with E-state index in [0.29, 0.717) is 6.61 Å². The van der Waals surface area contributed by atoms with Crippen LogP contribution >= 0.6 is 0 Å². The maximum absolute atomic E-state index is 11.3. The van der Waals surface area contributed by atoms with Gasteiger partial charge in [0.25, 0.3) is 0 Å². The first-order valence-corrected chi connectivity index (χ1v) is 6.15. The average molecular weight is 242 g/mol. The van der Waals surface area contributed by atoms with Crippen molar-refractivity contribution >= 4 is 11.9 Å². The molecule has 0 aliphatic rings. The van der Waals surface area contributed by atoms with E-state index in [2.05, 4.69) is 6.92 Å². The topological polar surface area (TPSA) is 52.6 Å². The molecule has 4 heteroatoms. The normalized spacial score (nSPS) is 12.4. The van der Waals surface area contributed by atoms with Crippen molar-refractivity contribution < 1.29 is 19.1 Å². The molecule has 0 spiro atoms. The quantitative estimate of drug-likeness (QED) is 0.485. The maximum atomic E-state index is 11.3. The summed E-state index contributed by atoms with van der Waals surface area (Å²) in [6.45, 7) is 6.20. The van der Waals surface area contributed by atoms with E-state index >= 15 is 0 Å². The van der Waals surface area contributed by atoms with Gasteiger partial charge in [0, 0.05) is 12.2 Å². The summed E-state index contributed by atoms with van der Waals surface area (Å²) in [6.07, 6.45) is 5.80. The Morgan fingerprint density at radius 2 is 1.76 bits per heavy atom. The van der Waals surface area contributed by atoms with E-state index in [0.717, 1.165) is 37.8 Å². The lowest BCUT2D eigenvalue weighted by atomic mass is 10.2. The van der Waals surface area contributed by atoms with Gasteiger partial charge in [0.05, 0.1) is 12.7 Å². The number of carbonyl (C=O) groups excluding carboxylic acids is 2. The zero-order chi connectivity index (χ0) is 13.1. The fourth-order valence-electron chi connectivity index (χ4n) is 1.17. The highest BCUT2D eigenvalue weighted by Crippen LogP contribution is 2.04. The zero-order valence-corrected chi connectivity index (χ0v) is 10.9. The van der Waals surface area contributed by atoms with Gasteiger partial charge in [0.2, 0.25) is 0 Å². The number of rotatable bonds is 8. The van der Waals surface area contributed by atoms with Crippen LogP contribution in [0.5, 0.6) is 0 Å². The molecule has 0 saturated heterocycles. The van der Waals surface area contributed by atoms with Crippen molar-refractivity contribution in [1.29, 1.82) is 0 Å². The Hall–Kier alpha value is -1.32.